The van der Waals surface area contributed by atoms with Gasteiger partial charge in [-0.2, -0.15) is 0 Å². The van der Waals surface area contributed by atoms with Gasteiger partial charge in [0.15, 0.2) is 0 Å². The summed E-state index contributed by atoms with van der Waals surface area (Å²) in [6.07, 6.45) is 0. The van der Waals surface area contributed by atoms with E-state index < -0.39 is 0 Å². The summed E-state index contributed by atoms with van der Waals surface area (Å²) in [6, 6.07) is 0.435. The van der Waals surface area contributed by atoms with Crippen LogP contribution in [0.2, 0.25) is 0 Å². The summed E-state index contributed by atoms with van der Waals surface area (Å²) in [4.78, 5) is 0. The highest BCUT2D eigenvalue weighted by Crippen LogP contribution is 2.00. The molecule has 0 aromatic rings. The zero-order valence-corrected chi connectivity index (χ0v) is 7.69. The van der Waals surface area contributed by atoms with Crippen LogP contribution in [0.4, 0.5) is 0 Å². The Labute approximate surface area is 64.0 Å². The molecule has 0 aliphatic rings. The van der Waals surface area contributed by atoms with Gasteiger partial charge in [0.2, 0.25) is 0 Å². The Balaban J connectivity index is 3.47. The topological polar surface area (TPSA) is 21.3 Å². The smallest absolute Gasteiger partial charge is 0.0613 e. The minimum atomic E-state index is 0.192. The van der Waals surface area contributed by atoms with Crippen LogP contribution < -0.4 is 5.32 Å². The maximum atomic E-state index is 4.99. The number of hydrogen-bond donors (Lipinski definition) is 1. The summed E-state index contributed by atoms with van der Waals surface area (Å²) in [5.41, 5.74) is 0.192. The van der Waals surface area contributed by atoms with Crippen molar-refractivity contribution >= 4 is 0 Å². The van der Waals surface area contributed by atoms with Gasteiger partial charge < -0.3 is 10.1 Å². The maximum absolute atomic E-state index is 4.99. The SMILES string of the molecule is COC[C@H](C)NC(C)(C)C. The molecule has 0 aliphatic heterocycles. The van der Waals surface area contributed by atoms with E-state index in [0.29, 0.717) is 6.04 Å². The van der Waals surface area contributed by atoms with Gasteiger partial charge in [-0.25, -0.2) is 0 Å². The van der Waals surface area contributed by atoms with Crippen LogP contribution in [0.5, 0.6) is 0 Å². The van der Waals surface area contributed by atoms with Gasteiger partial charge in [0.25, 0.3) is 0 Å². The molecule has 0 saturated heterocycles. The Morgan fingerprint density at radius 3 is 2.20 bits per heavy atom. The molecular formula is C8H19NO. The standard InChI is InChI=1S/C8H19NO/c1-7(6-10-5)9-8(2,3)4/h7,9H,6H2,1-5H3/t7-/m0/s1. The molecule has 0 saturated carbocycles. The third kappa shape index (κ3) is 6.05. The van der Waals surface area contributed by atoms with Gasteiger partial charge in [-0.1, -0.05) is 0 Å². The highest BCUT2D eigenvalue weighted by Gasteiger charge is 2.12. The predicted molar refractivity (Wildman–Crippen MR) is 44.2 cm³/mol. The van der Waals surface area contributed by atoms with E-state index in [-0.39, 0.29) is 5.54 Å². The number of hydrogen-bond acceptors (Lipinski definition) is 2. The molecule has 1 atom stereocenters. The van der Waals surface area contributed by atoms with Crippen molar-refractivity contribution in [2.45, 2.75) is 39.3 Å². The highest BCUT2D eigenvalue weighted by atomic mass is 16.5. The Kier molecular flexibility index (Phi) is 3.91. The summed E-state index contributed by atoms with van der Waals surface area (Å²) >= 11 is 0. The molecule has 0 unspecified atom stereocenters. The van der Waals surface area contributed by atoms with E-state index in [0.717, 1.165) is 6.61 Å². The molecule has 0 aliphatic carbocycles. The molecule has 0 amide bonds. The summed E-state index contributed by atoms with van der Waals surface area (Å²) in [5.74, 6) is 0. The molecule has 1 N–H and O–H groups in total. The third-order valence-corrected chi connectivity index (χ3v) is 1.10. The second-order valence-corrected chi connectivity index (χ2v) is 3.75. The van der Waals surface area contributed by atoms with Crippen molar-refractivity contribution in [3.8, 4) is 0 Å². The first-order valence-corrected chi connectivity index (χ1v) is 3.72. The third-order valence-electron chi connectivity index (χ3n) is 1.10. The first-order chi connectivity index (χ1) is 4.45. The monoisotopic (exact) mass is 145 g/mol. The molecular weight excluding hydrogens is 126 g/mol. The van der Waals surface area contributed by atoms with Gasteiger partial charge in [-0.3, -0.25) is 0 Å². The molecule has 0 bridgehead atoms. The second-order valence-electron chi connectivity index (χ2n) is 3.75. The van der Waals surface area contributed by atoms with E-state index in [4.69, 9.17) is 4.74 Å². The second kappa shape index (κ2) is 3.94. The number of nitrogens with one attached hydrogen (secondary N) is 1. The first-order valence-electron chi connectivity index (χ1n) is 3.72. The molecule has 2 heteroatoms. The largest absolute Gasteiger partial charge is 0.383 e. The van der Waals surface area contributed by atoms with E-state index >= 15 is 0 Å². The molecule has 0 spiro atoms. The fourth-order valence-corrected chi connectivity index (χ4v) is 1.03. The van der Waals surface area contributed by atoms with Crippen LogP contribution >= 0.6 is 0 Å². The molecule has 10 heavy (non-hydrogen) atoms. The summed E-state index contributed by atoms with van der Waals surface area (Å²) in [6.45, 7) is 9.35. The lowest BCUT2D eigenvalue weighted by Crippen LogP contribution is -2.44. The summed E-state index contributed by atoms with van der Waals surface area (Å²) < 4.78 is 4.99. The minimum absolute atomic E-state index is 0.192. The van der Waals surface area contributed by atoms with Crippen molar-refractivity contribution in [2.75, 3.05) is 13.7 Å². The van der Waals surface area contributed by atoms with E-state index in [2.05, 4.69) is 33.0 Å². The number of rotatable bonds is 3. The average molecular weight is 145 g/mol. The fraction of sp³-hybridized carbons (Fsp3) is 1.00. The van der Waals surface area contributed by atoms with Gasteiger partial charge in [-0.15, -0.1) is 0 Å². The zero-order chi connectivity index (χ0) is 8.20. The molecule has 0 radical (unpaired) electrons. The molecule has 0 aromatic heterocycles. The van der Waals surface area contributed by atoms with Crippen LogP contribution in [-0.2, 0) is 4.74 Å². The van der Waals surface area contributed by atoms with Crippen molar-refractivity contribution in [3.05, 3.63) is 0 Å². The van der Waals surface area contributed by atoms with Crippen molar-refractivity contribution in [1.29, 1.82) is 0 Å². The molecule has 0 rings (SSSR count). The average Bonchev–Trinajstić information content (AvgIpc) is 1.59. The van der Waals surface area contributed by atoms with Crippen LogP contribution in [0.3, 0.4) is 0 Å². The Hall–Kier alpha value is -0.0800. The van der Waals surface area contributed by atoms with Gasteiger partial charge in [0, 0.05) is 18.7 Å². The van der Waals surface area contributed by atoms with E-state index in [1.54, 1.807) is 7.11 Å². The molecule has 0 fully saturated rings. The Morgan fingerprint density at radius 2 is 1.90 bits per heavy atom. The quantitative estimate of drug-likeness (QED) is 0.648. The van der Waals surface area contributed by atoms with Gasteiger partial charge in [0.05, 0.1) is 6.61 Å². The van der Waals surface area contributed by atoms with Crippen molar-refractivity contribution < 1.29 is 4.74 Å². The summed E-state index contributed by atoms with van der Waals surface area (Å²) in [7, 11) is 1.72. The van der Waals surface area contributed by atoms with Crippen LogP contribution in [-0.4, -0.2) is 25.3 Å². The lowest BCUT2D eigenvalue weighted by Gasteiger charge is -2.25. The molecule has 0 heterocycles. The highest BCUT2D eigenvalue weighted by molar-refractivity contribution is 4.74. The Bertz CT molecular complexity index is 85.7. The van der Waals surface area contributed by atoms with Crippen molar-refractivity contribution in [2.24, 2.45) is 0 Å². The molecule has 2 nitrogen and oxygen atoms in total. The predicted octanol–water partition coefficient (Wildman–Crippen LogP) is 1.41. The maximum Gasteiger partial charge on any atom is 0.0613 e. The Morgan fingerprint density at radius 1 is 1.40 bits per heavy atom. The molecule has 0 aromatic carbocycles. The zero-order valence-electron chi connectivity index (χ0n) is 7.69. The van der Waals surface area contributed by atoms with Gasteiger partial charge >= 0.3 is 0 Å². The lowest BCUT2D eigenvalue weighted by atomic mass is 10.1. The van der Waals surface area contributed by atoms with Crippen LogP contribution in [0.25, 0.3) is 0 Å². The van der Waals surface area contributed by atoms with Crippen molar-refractivity contribution in [1.82, 2.24) is 5.32 Å². The van der Waals surface area contributed by atoms with Crippen LogP contribution in [0.1, 0.15) is 27.7 Å². The van der Waals surface area contributed by atoms with E-state index in [1.807, 2.05) is 0 Å². The number of methoxy groups -OCH3 is 1. The lowest BCUT2D eigenvalue weighted by molar-refractivity contribution is 0.159. The summed E-state index contributed by atoms with van der Waals surface area (Å²) in [5, 5.41) is 3.40. The normalized spacial score (nSPS) is 15.3. The molecule has 62 valence electrons. The van der Waals surface area contributed by atoms with E-state index in [9.17, 15) is 0 Å². The van der Waals surface area contributed by atoms with Crippen LogP contribution in [0, 0.1) is 0 Å². The van der Waals surface area contributed by atoms with Crippen LogP contribution in [0.15, 0.2) is 0 Å². The first kappa shape index (κ1) is 9.92. The number of ether oxygens (including phenoxy) is 1. The minimum Gasteiger partial charge on any atom is -0.383 e. The van der Waals surface area contributed by atoms with E-state index in [1.165, 1.54) is 0 Å². The van der Waals surface area contributed by atoms with Gasteiger partial charge in [0.1, 0.15) is 0 Å². The van der Waals surface area contributed by atoms with Gasteiger partial charge in [-0.05, 0) is 27.7 Å². The fourth-order valence-electron chi connectivity index (χ4n) is 1.03. The van der Waals surface area contributed by atoms with Crippen molar-refractivity contribution in [3.63, 3.8) is 0 Å².